The van der Waals surface area contributed by atoms with Crippen LogP contribution in [0.5, 0.6) is 0 Å². The number of benzene rings is 1. The molecule has 0 spiro atoms. The lowest BCUT2D eigenvalue weighted by Gasteiger charge is -2.27. The molecular weight excluding hydrogens is 262 g/mol. The Morgan fingerprint density at radius 3 is 3.10 bits per heavy atom. The molecule has 1 aliphatic rings. The Bertz CT molecular complexity index is 634. The monoisotopic (exact) mass is 285 g/mol. The number of carbonyl (C=O) groups excluding carboxylic acids is 1. The van der Waals surface area contributed by atoms with Crippen LogP contribution in [0.2, 0.25) is 0 Å². The summed E-state index contributed by atoms with van der Waals surface area (Å²) in [5, 5.41) is 1.09. The highest BCUT2D eigenvalue weighted by atomic mass is 16.2. The number of likely N-dealkylation sites (N-methyl/N-ethyl adjacent to an activating group) is 2. The predicted molar refractivity (Wildman–Crippen MR) is 85.5 cm³/mol. The van der Waals surface area contributed by atoms with E-state index in [4.69, 9.17) is 0 Å². The Morgan fingerprint density at radius 1 is 1.43 bits per heavy atom. The minimum Gasteiger partial charge on any atom is -0.361 e. The van der Waals surface area contributed by atoms with Crippen molar-refractivity contribution >= 4 is 16.8 Å². The number of aromatic nitrogens is 1. The third-order valence-corrected chi connectivity index (χ3v) is 4.54. The maximum Gasteiger partial charge on any atom is 0.253 e. The van der Waals surface area contributed by atoms with E-state index in [0.717, 1.165) is 29.6 Å². The second-order valence-corrected chi connectivity index (χ2v) is 5.89. The summed E-state index contributed by atoms with van der Waals surface area (Å²) in [5.74, 6) is 0.112. The highest BCUT2D eigenvalue weighted by Crippen LogP contribution is 2.19. The molecule has 4 nitrogen and oxygen atoms in total. The van der Waals surface area contributed by atoms with Crippen LogP contribution in [0.4, 0.5) is 0 Å². The predicted octanol–water partition coefficient (Wildman–Crippen LogP) is 2.72. The van der Waals surface area contributed by atoms with Crippen LogP contribution in [0.25, 0.3) is 10.9 Å². The summed E-state index contributed by atoms with van der Waals surface area (Å²) in [7, 11) is 1.91. The first-order valence-electron chi connectivity index (χ1n) is 7.75. The molecule has 3 rings (SSSR count). The zero-order chi connectivity index (χ0) is 14.8. The molecule has 1 aromatic heterocycles. The first-order valence-corrected chi connectivity index (χ1v) is 7.75. The third-order valence-electron chi connectivity index (χ3n) is 4.54. The molecule has 2 heterocycles. The van der Waals surface area contributed by atoms with Gasteiger partial charge in [0.1, 0.15) is 0 Å². The van der Waals surface area contributed by atoms with Crippen molar-refractivity contribution in [2.75, 3.05) is 26.7 Å². The van der Waals surface area contributed by atoms with Crippen LogP contribution < -0.4 is 0 Å². The zero-order valence-electron chi connectivity index (χ0n) is 12.8. The molecule has 0 radical (unpaired) electrons. The summed E-state index contributed by atoms with van der Waals surface area (Å²) in [6, 6.07) is 8.37. The number of carbonyl (C=O) groups is 1. The van der Waals surface area contributed by atoms with E-state index in [1.165, 1.54) is 19.4 Å². The van der Waals surface area contributed by atoms with Crippen molar-refractivity contribution in [2.24, 2.45) is 0 Å². The maximum atomic E-state index is 12.6. The largest absolute Gasteiger partial charge is 0.361 e. The fourth-order valence-electron chi connectivity index (χ4n) is 3.32. The van der Waals surface area contributed by atoms with Crippen molar-refractivity contribution < 1.29 is 4.79 Å². The van der Waals surface area contributed by atoms with Crippen molar-refractivity contribution in [3.63, 3.8) is 0 Å². The number of nitrogens with zero attached hydrogens (tertiary/aromatic N) is 2. The van der Waals surface area contributed by atoms with Gasteiger partial charge in [-0.05, 0) is 50.2 Å². The van der Waals surface area contributed by atoms with Crippen molar-refractivity contribution in [3.8, 4) is 0 Å². The van der Waals surface area contributed by atoms with Gasteiger partial charge in [0, 0.05) is 42.3 Å². The van der Waals surface area contributed by atoms with Gasteiger partial charge in [-0.2, -0.15) is 0 Å². The SMILES string of the molecule is CCN1CCCC1CN(C)C(=O)c1ccc2[nH]ccc2c1. The summed E-state index contributed by atoms with van der Waals surface area (Å²) in [4.78, 5) is 20.1. The van der Waals surface area contributed by atoms with Gasteiger partial charge < -0.3 is 9.88 Å². The average molecular weight is 285 g/mol. The fourth-order valence-corrected chi connectivity index (χ4v) is 3.32. The molecule has 1 saturated heterocycles. The van der Waals surface area contributed by atoms with Gasteiger partial charge >= 0.3 is 0 Å². The minimum absolute atomic E-state index is 0.112. The van der Waals surface area contributed by atoms with E-state index in [9.17, 15) is 4.79 Å². The minimum atomic E-state index is 0.112. The number of likely N-dealkylation sites (tertiary alicyclic amines) is 1. The molecule has 0 aliphatic carbocycles. The zero-order valence-corrected chi connectivity index (χ0v) is 12.8. The average Bonchev–Trinajstić information content (AvgIpc) is 3.13. The summed E-state index contributed by atoms with van der Waals surface area (Å²) in [5.41, 5.74) is 1.84. The number of hydrogen-bond acceptors (Lipinski definition) is 2. The van der Waals surface area contributed by atoms with Crippen LogP contribution in [0.15, 0.2) is 30.5 Å². The van der Waals surface area contributed by atoms with Crippen LogP contribution in [-0.4, -0.2) is 53.4 Å². The van der Waals surface area contributed by atoms with Crippen molar-refractivity contribution in [1.29, 1.82) is 0 Å². The van der Waals surface area contributed by atoms with E-state index in [0.29, 0.717) is 6.04 Å². The molecule has 2 aromatic rings. The quantitative estimate of drug-likeness (QED) is 0.938. The Morgan fingerprint density at radius 2 is 2.29 bits per heavy atom. The molecule has 1 N–H and O–H groups in total. The molecule has 1 unspecified atom stereocenters. The molecule has 1 fully saturated rings. The highest BCUT2D eigenvalue weighted by Gasteiger charge is 2.25. The lowest BCUT2D eigenvalue weighted by Crippen LogP contribution is -2.41. The first-order chi connectivity index (χ1) is 10.2. The summed E-state index contributed by atoms with van der Waals surface area (Å²) in [6.45, 7) is 5.25. The van der Waals surface area contributed by atoms with Gasteiger partial charge in [0.25, 0.3) is 5.91 Å². The number of fused-ring (bicyclic) bond motifs is 1. The van der Waals surface area contributed by atoms with E-state index in [1.807, 2.05) is 42.4 Å². The lowest BCUT2D eigenvalue weighted by molar-refractivity contribution is 0.0755. The van der Waals surface area contributed by atoms with Gasteiger partial charge in [-0.25, -0.2) is 0 Å². The van der Waals surface area contributed by atoms with Crippen LogP contribution in [0.1, 0.15) is 30.1 Å². The molecule has 1 atom stereocenters. The molecular formula is C17H23N3O. The van der Waals surface area contributed by atoms with Gasteiger partial charge in [0.05, 0.1) is 0 Å². The summed E-state index contributed by atoms with van der Waals surface area (Å²) < 4.78 is 0. The van der Waals surface area contributed by atoms with Crippen molar-refractivity contribution in [2.45, 2.75) is 25.8 Å². The topological polar surface area (TPSA) is 39.3 Å². The maximum absolute atomic E-state index is 12.6. The van der Waals surface area contributed by atoms with Crippen LogP contribution >= 0.6 is 0 Å². The Balaban J connectivity index is 1.71. The first kappa shape index (κ1) is 14.1. The summed E-state index contributed by atoms with van der Waals surface area (Å²) in [6.07, 6.45) is 4.35. The Kier molecular flexibility index (Phi) is 3.97. The second-order valence-electron chi connectivity index (χ2n) is 5.89. The molecule has 21 heavy (non-hydrogen) atoms. The van der Waals surface area contributed by atoms with Crippen LogP contribution in [0, 0.1) is 0 Å². The number of rotatable bonds is 4. The number of hydrogen-bond donors (Lipinski definition) is 1. The Hall–Kier alpha value is -1.81. The highest BCUT2D eigenvalue weighted by molar-refractivity contribution is 5.97. The number of aromatic amines is 1. The van der Waals surface area contributed by atoms with Gasteiger partial charge in [-0.15, -0.1) is 0 Å². The van der Waals surface area contributed by atoms with Gasteiger partial charge in [-0.1, -0.05) is 6.92 Å². The molecule has 1 aliphatic heterocycles. The Labute approximate surface area is 125 Å². The molecule has 1 aromatic carbocycles. The molecule has 4 heteroatoms. The summed E-state index contributed by atoms with van der Waals surface area (Å²) >= 11 is 0. The van der Waals surface area contributed by atoms with E-state index in [1.54, 1.807) is 0 Å². The van der Waals surface area contributed by atoms with Gasteiger partial charge in [0.15, 0.2) is 0 Å². The number of H-pyrrole nitrogens is 1. The van der Waals surface area contributed by atoms with Gasteiger partial charge in [0.2, 0.25) is 0 Å². The second kappa shape index (κ2) is 5.90. The molecule has 0 bridgehead atoms. The van der Waals surface area contributed by atoms with Crippen LogP contribution in [0.3, 0.4) is 0 Å². The number of amides is 1. The van der Waals surface area contributed by atoms with Crippen LogP contribution in [-0.2, 0) is 0 Å². The lowest BCUT2D eigenvalue weighted by atomic mass is 10.1. The van der Waals surface area contributed by atoms with E-state index in [2.05, 4.69) is 16.8 Å². The van der Waals surface area contributed by atoms with E-state index in [-0.39, 0.29) is 5.91 Å². The molecule has 112 valence electrons. The van der Waals surface area contributed by atoms with Crippen molar-refractivity contribution in [1.82, 2.24) is 14.8 Å². The van der Waals surface area contributed by atoms with Gasteiger partial charge in [-0.3, -0.25) is 9.69 Å². The van der Waals surface area contributed by atoms with Crippen molar-refractivity contribution in [3.05, 3.63) is 36.0 Å². The smallest absolute Gasteiger partial charge is 0.253 e. The molecule has 1 amide bonds. The van der Waals surface area contributed by atoms with E-state index < -0.39 is 0 Å². The normalized spacial score (nSPS) is 19.2. The third kappa shape index (κ3) is 2.81. The number of nitrogens with one attached hydrogen (secondary N) is 1. The molecule has 0 saturated carbocycles. The van der Waals surface area contributed by atoms with E-state index >= 15 is 0 Å². The standard InChI is InChI=1S/C17H23N3O/c1-3-20-10-4-5-15(20)12-19(2)17(21)14-6-7-16-13(11-14)8-9-18-16/h6-9,11,15,18H,3-5,10,12H2,1-2H3. The fraction of sp³-hybridized carbons (Fsp3) is 0.471.